The van der Waals surface area contributed by atoms with E-state index < -0.39 is 18.0 Å². The van der Waals surface area contributed by atoms with Gasteiger partial charge in [0.2, 0.25) is 0 Å². The number of nitrogens with zero attached hydrogens (tertiary/aromatic N) is 1. The molecule has 0 aliphatic heterocycles. The van der Waals surface area contributed by atoms with E-state index in [0.29, 0.717) is 23.7 Å². The van der Waals surface area contributed by atoms with Gasteiger partial charge in [-0.15, -0.1) is 0 Å². The van der Waals surface area contributed by atoms with Gasteiger partial charge < -0.3 is 15.3 Å². The van der Waals surface area contributed by atoms with Gasteiger partial charge in [-0.25, -0.2) is 9.59 Å². The summed E-state index contributed by atoms with van der Waals surface area (Å²) in [4.78, 5) is 24.6. The SMILES string of the molecule is CSCC[C@@H](NC(=O)N(C)Cc1ccccc1Cl)C(=O)O. The Morgan fingerprint density at radius 2 is 2.10 bits per heavy atom. The molecule has 0 bridgehead atoms. The first-order chi connectivity index (χ1) is 9.95. The molecule has 0 aromatic heterocycles. The number of carbonyl (C=O) groups is 2. The Morgan fingerprint density at radius 3 is 2.67 bits per heavy atom. The maximum atomic E-state index is 12.0. The summed E-state index contributed by atoms with van der Waals surface area (Å²) in [5.74, 6) is -0.352. The number of amides is 2. The molecule has 0 aliphatic carbocycles. The number of nitrogens with one attached hydrogen (secondary N) is 1. The first kappa shape index (κ1) is 17.7. The molecule has 2 amide bonds. The summed E-state index contributed by atoms with van der Waals surface area (Å²) in [6, 6.07) is 5.93. The van der Waals surface area contributed by atoms with Crippen LogP contribution in [0.5, 0.6) is 0 Å². The molecule has 0 spiro atoms. The number of hydrogen-bond donors (Lipinski definition) is 2. The van der Waals surface area contributed by atoms with Gasteiger partial charge in [-0.3, -0.25) is 0 Å². The summed E-state index contributed by atoms with van der Waals surface area (Å²) in [7, 11) is 1.60. The van der Waals surface area contributed by atoms with Gasteiger partial charge in [0.15, 0.2) is 0 Å². The number of halogens is 1. The summed E-state index contributed by atoms with van der Waals surface area (Å²) >= 11 is 7.58. The van der Waals surface area contributed by atoms with Gasteiger partial charge in [0.05, 0.1) is 0 Å². The summed E-state index contributed by atoms with van der Waals surface area (Å²) < 4.78 is 0. The normalized spacial score (nSPS) is 11.8. The van der Waals surface area contributed by atoms with Crippen molar-refractivity contribution in [2.75, 3.05) is 19.1 Å². The molecule has 1 aromatic rings. The monoisotopic (exact) mass is 330 g/mol. The molecule has 1 rings (SSSR count). The molecule has 5 nitrogen and oxygen atoms in total. The highest BCUT2D eigenvalue weighted by molar-refractivity contribution is 7.98. The average molecular weight is 331 g/mol. The van der Waals surface area contributed by atoms with Gasteiger partial charge in [-0.1, -0.05) is 29.8 Å². The number of thioether (sulfide) groups is 1. The van der Waals surface area contributed by atoms with Gasteiger partial charge in [-0.2, -0.15) is 11.8 Å². The summed E-state index contributed by atoms with van der Waals surface area (Å²) in [6.45, 7) is 0.320. The zero-order valence-electron chi connectivity index (χ0n) is 12.0. The third kappa shape index (κ3) is 5.85. The van der Waals surface area contributed by atoms with E-state index >= 15 is 0 Å². The van der Waals surface area contributed by atoms with Crippen molar-refractivity contribution in [2.45, 2.75) is 19.0 Å². The van der Waals surface area contributed by atoms with E-state index in [0.717, 1.165) is 5.56 Å². The molecule has 2 N–H and O–H groups in total. The Kier molecular flexibility index (Phi) is 7.39. The summed E-state index contributed by atoms with van der Waals surface area (Å²) in [5.41, 5.74) is 0.813. The molecule has 1 atom stereocenters. The number of benzene rings is 1. The second-order valence-corrected chi connectivity index (χ2v) is 5.96. The van der Waals surface area contributed by atoms with Crippen LogP contribution in [0.2, 0.25) is 5.02 Å². The maximum Gasteiger partial charge on any atom is 0.326 e. The smallest absolute Gasteiger partial charge is 0.326 e. The van der Waals surface area contributed by atoms with E-state index in [1.54, 1.807) is 24.9 Å². The number of carbonyl (C=O) groups excluding carboxylic acids is 1. The standard InChI is InChI=1S/C14H19ClN2O3S/c1-17(9-10-5-3-4-6-11(10)15)14(20)16-12(13(18)19)7-8-21-2/h3-6,12H,7-9H2,1-2H3,(H,16,20)(H,18,19)/t12-/m1/s1. The molecule has 21 heavy (non-hydrogen) atoms. The molecule has 1 aromatic carbocycles. The molecule has 0 heterocycles. The molecular formula is C14H19ClN2O3S. The van der Waals surface area contributed by atoms with Crippen molar-refractivity contribution >= 4 is 35.4 Å². The van der Waals surface area contributed by atoms with Crippen LogP contribution in [0.3, 0.4) is 0 Å². The lowest BCUT2D eigenvalue weighted by Gasteiger charge is -2.21. The minimum Gasteiger partial charge on any atom is -0.480 e. The number of urea groups is 1. The summed E-state index contributed by atoms with van der Waals surface area (Å²) in [6.07, 6.45) is 2.28. The van der Waals surface area contributed by atoms with Gasteiger partial charge in [0.25, 0.3) is 0 Å². The largest absolute Gasteiger partial charge is 0.480 e. The van der Waals surface area contributed by atoms with E-state index in [1.165, 1.54) is 4.90 Å². The van der Waals surface area contributed by atoms with Crippen LogP contribution >= 0.6 is 23.4 Å². The molecule has 0 saturated heterocycles. The van der Waals surface area contributed by atoms with Crippen molar-refractivity contribution in [1.29, 1.82) is 0 Å². The predicted octanol–water partition coefficient (Wildman–Crippen LogP) is 2.69. The topological polar surface area (TPSA) is 69.6 Å². The molecule has 0 aliphatic rings. The number of carboxylic acid groups (broad SMARTS) is 1. The van der Waals surface area contributed by atoms with Crippen LogP contribution in [0.4, 0.5) is 4.79 Å². The van der Waals surface area contributed by atoms with Crippen LogP contribution in [0.1, 0.15) is 12.0 Å². The van der Waals surface area contributed by atoms with Gasteiger partial charge in [0.1, 0.15) is 6.04 Å². The Bertz CT molecular complexity index is 499. The average Bonchev–Trinajstić information content (AvgIpc) is 2.45. The lowest BCUT2D eigenvalue weighted by molar-refractivity contribution is -0.139. The zero-order chi connectivity index (χ0) is 15.8. The molecule has 0 fully saturated rings. The van der Waals surface area contributed by atoms with Crippen molar-refractivity contribution in [3.05, 3.63) is 34.9 Å². The first-order valence-corrected chi connectivity index (χ1v) is 8.19. The van der Waals surface area contributed by atoms with Crippen molar-refractivity contribution in [3.8, 4) is 0 Å². The maximum absolute atomic E-state index is 12.0. The molecule has 116 valence electrons. The highest BCUT2D eigenvalue weighted by Crippen LogP contribution is 2.16. The lowest BCUT2D eigenvalue weighted by atomic mass is 10.2. The minimum absolute atomic E-state index is 0.320. The number of aliphatic carboxylic acids is 1. The third-order valence-electron chi connectivity index (χ3n) is 2.92. The fraction of sp³-hybridized carbons (Fsp3) is 0.429. The Morgan fingerprint density at radius 1 is 1.43 bits per heavy atom. The van der Waals surface area contributed by atoms with Crippen molar-refractivity contribution < 1.29 is 14.7 Å². The summed E-state index contributed by atoms with van der Waals surface area (Å²) in [5, 5.41) is 12.2. The van der Waals surface area contributed by atoms with Crippen LogP contribution in [0, 0.1) is 0 Å². The van der Waals surface area contributed by atoms with Gasteiger partial charge in [-0.05, 0) is 30.1 Å². The minimum atomic E-state index is -1.02. The van der Waals surface area contributed by atoms with E-state index in [1.807, 2.05) is 24.5 Å². The Labute approximate surface area is 133 Å². The van der Waals surface area contributed by atoms with Crippen molar-refractivity contribution in [1.82, 2.24) is 10.2 Å². The van der Waals surface area contributed by atoms with Crippen molar-refractivity contribution in [3.63, 3.8) is 0 Å². The van der Waals surface area contributed by atoms with Crippen LogP contribution < -0.4 is 5.32 Å². The molecule has 0 unspecified atom stereocenters. The lowest BCUT2D eigenvalue weighted by Crippen LogP contribution is -2.46. The predicted molar refractivity (Wildman–Crippen MR) is 85.9 cm³/mol. The highest BCUT2D eigenvalue weighted by Gasteiger charge is 2.21. The van der Waals surface area contributed by atoms with E-state index in [9.17, 15) is 9.59 Å². The Balaban J connectivity index is 2.61. The van der Waals surface area contributed by atoms with Crippen LogP contribution in [0.25, 0.3) is 0 Å². The number of rotatable bonds is 7. The number of hydrogen-bond acceptors (Lipinski definition) is 3. The number of carboxylic acids is 1. The molecule has 0 radical (unpaired) electrons. The fourth-order valence-corrected chi connectivity index (χ4v) is 2.37. The van der Waals surface area contributed by atoms with Crippen molar-refractivity contribution in [2.24, 2.45) is 0 Å². The quantitative estimate of drug-likeness (QED) is 0.806. The van der Waals surface area contributed by atoms with Gasteiger partial charge in [0, 0.05) is 18.6 Å². The van der Waals surface area contributed by atoms with Gasteiger partial charge >= 0.3 is 12.0 Å². The molecular weight excluding hydrogens is 312 g/mol. The van der Waals surface area contributed by atoms with Crippen LogP contribution in [0.15, 0.2) is 24.3 Å². The first-order valence-electron chi connectivity index (χ1n) is 6.42. The highest BCUT2D eigenvalue weighted by atomic mass is 35.5. The zero-order valence-corrected chi connectivity index (χ0v) is 13.6. The second-order valence-electron chi connectivity index (χ2n) is 4.57. The fourth-order valence-electron chi connectivity index (χ4n) is 1.71. The van der Waals surface area contributed by atoms with E-state index in [2.05, 4.69) is 5.32 Å². The van der Waals surface area contributed by atoms with E-state index in [4.69, 9.17) is 16.7 Å². The van der Waals surface area contributed by atoms with Crippen LogP contribution in [-0.2, 0) is 11.3 Å². The molecule has 7 heteroatoms. The van der Waals surface area contributed by atoms with E-state index in [-0.39, 0.29) is 0 Å². The molecule has 0 saturated carbocycles. The second kappa shape index (κ2) is 8.79. The van der Waals surface area contributed by atoms with Crippen LogP contribution in [-0.4, -0.2) is 47.1 Å². The Hall–Kier alpha value is -1.40. The third-order valence-corrected chi connectivity index (χ3v) is 3.93.